The summed E-state index contributed by atoms with van der Waals surface area (Å²) in [5.41, 5.74) is 1.93. The topological polar surface area (TPSA) is 61.4 Å². The Bertz CT molecular complexity index is 726. The zero-order valence-corrected chi connectivity index (χ0v) is 14.8. The number of para-hydroxylation sites is 1. The van der Waals surface area contributed by atoms with Crippen molar-refractivity contribution in [2.24, 2.45) is 0 Å². The van der Waals surface area contributed by atoms with Crippen LogP contribution < -0.4 is 15.5 Å². The summed E-state index contributed by atoms with van der Waals surface area (Å²) >= 11 is 12.0. The first-order chi connectivity index (χ1) is 11.4. The van der Waals surface area contributed by atoms with Crippen LogP contribution in [0.3, 0.4) is 0 Å². The van der Waals surface area contributed by atoms with Gasteiger partial charge in [0.15, 0.2) is 0 Å². The number of halogens is 2. The van der Waals surface area contributed by atoms with Crippen LogP contribution >= 0.6 is 23.2 Å². The lowest BCUT2D eigenvalue weighted by Crippen LogP contribution is -2.21. The Morgan fingerprint density at radius 1 is 0.917 bits per heavy atom. The van der Waals surface area contributed by atoms with Crippen LogP contribution in [0.5, 0.6) is 0 Å². The molecule has 2 amide bonds. The van der Waals surface area contributed by atoms with E-state index in [9.17, 15) is 9.59 Å². The highest BCUT2D eigenvalue weighted by atomic mass is 35.5. The van der Waals surface area contributed by atoms with Gasteiger partial charge >= 0.3 is 0 Å². The molecule has 126 valence electrons. The predicted molar refractivity (Wildman–Crippen MR) is 99.1 cm³/mol. The average Bonchev–Trinajstić information content (AvgIpc) is 2.51. The van der Waals surface area contributed by atoms with Gasteiger partial charge in [0.1, 0.15) is 6.42 Å². The lowest BCUT2D eigenvalue weighted by Gasteiger charge is -2.13. The van der Waals surface area contributed by atoms with Crippen LogP contribution in [-0.2, 0) is 9.59 Å². The van der Waals surface area contributed by atoms with Crippen LogP contribution in [0.2, 0.25) is 10.0 Å². The van der Waals surface area contributed by atoms with Crippen LogP contribution in [0, 0.1) is 0 Å². The molecule has 0 aliphatic heterocycles. The smallest absolute Gasteiger partial charge is 0.233 e. The number of rotatable bonds is 5. The second-order valence-corrected chi connectivity index (χ2v) is 6.13. The maximum atomic E-state index is 12.0. The summed E-state index contributed by atoms with van der Waals surface area (Å²) < 4.78 is 0. The van der Waals surface area contributed by atoms with Gasteiger partial charge < -0.3 is 15.5 Å². The molecule has 0 bridgehead atoms. The molecule has 2 aromatic rings. The Morgan fingerprint density at radius 3 is 2.00 bits per heavy atom. The molecule has 0 spiro atoms. The molecule has 0 saturated heterocycles. The van der Waals surface area contributed by atoms with Gasteiger partial charge in [-0.3, -0.25) is 9.59 Å². The van der Waals surface area contributed by atoms with Gasteiger partial charge in [-0.25, -0.2) is 0 Å². The SMILES string of the molecule is CN(C)c1ccc(NC(=O)CC(=O)Nc2c(Cl)cccc2Cl)cc1. The molecule has 0 radical (unpaired) electrons. The van der Waals surface area contributed by atoms with E-state index in [-0.39, 0.29) is 6.42 Å². The minimum absolute atomic E-state index is 0.300. The molecule has 0 atom stereocenters. The Labute approximate surface area is 150 Å². The van der Waals surface area contributed by atoms with E-state index < -0.39 is 11.8 Å². The van der Waals surface area contributed by atoms with Gasteiger partial charge in [0.05, 0.1) is 15.7 Å². The molecule has 24 heavy (non-hydrogen) atoms. The van der Waals surface area contributed by atoms with Crippen LogP contribution in [0.15, 0.2) is 42.5 Å². The molecule has 0 unspecified atom stereocenters. The maximum absolute atomic E-state index is 12.0. The molecule has 0 aliphatic rings. The number of hydrogen-bond acceptors (Lipinski definition) is 3. The van der Waals surface area contributed by atoms with E-state index in [1.807, 2.05) is 31.1 Å². The number of nitrogens with zero attached hydrogens (tertiary/aromatic N) is 1. The monoisotopic (exact) mass is 365 g/mol. The number of hydrogen-bond donors (Lipinski definition) is 2. The summed E-state index contributed by atoms with van der Waals surface area (Å²) in [6.07, 6.45) is -0.336. The third-order valence-electron chi connectivity index (χ3n) is 3.22. The lowest BCUT2D eigenvalue weighted by molar-refractivity contribution is -0.123. The van der Waals surface area contributed by atoms with Crippen molar-refractivity contribution in [3.63, 3.8) is 0 Å². The minimum atomic E-state index is -0.493. The van der Waals surface area contributed by atoms with Crippen LogP contribution in [0.1, 0.15) is 6.42 Å². The maximum Gasteiger partial charge on any atom is 0.233 e. The van der Waals surface area contributed by atoms with E-state index in [1.165, 1.54) is 0 Å². The first-order valence-corrected chi connectivity index (χ1v) is 7.93. The third-order valence-corrected chi connectivity index (χ3v) is 3.85. The number of carbonyl (C=O) groups excluding carboxylic acids is 2. The summed E-state index contributed by atoms with van der Waals surface area (Å²) in [4.78, 5) is 25.9. The van der Waals surface area contributed by atoms with Crippen molar-refractivity contribution >= 4 is 52.1 Å². The summed E-state index contributed by atoms with van der Waals surface area (Å²) in [7, 11) is 3.86. The molecular weight excluding hydrogens is 349 g/mol. The summed E-state index contributed by atoms with van der Waals surface area (Å²) in [6, 6.07) is 12.2. The minimum Gasteiger partial charge on any atom is -0.378 e. The van der Waals surface area contributed by atoms with Crippen LogP contribution in [0.4, 0.5) is 17.1 Å². The second kappa shape index (κ2) is 8.04. The van der Waals surface area contributed by atoms with Gasteiger partial charge in [0, 0.05) is 25.5 Å². The second-order valence-electron chi connectivity index (χ2n) is 5.31. The number of anilines is 3. The molecule has 0 fully saturated rings. The number of nitrogens with one attached hydrogen (secondary N) is 2. The molecule has 5 nitrogen and oxygen atoms in total. The number of amides is 2. The first-order valence-electron chi connectivity index (χ1n) is 7.18. The largest absolute Gasteiger partial charge is 0.378 e. The normalized spacial score (nSPS) is 10.2. The summed E-state index contributed by atoms with van der Waals surface area (Å²) in [5, 5.41) is 5.85. The number of benzene rings is 2. The van der Waals surface area contributed by atoms with E-state index in [0.717, 1.165) is 5.69 Å². The van der Waals surface area contributed by atoms with E-state index in [0.29, 0.717) is 21.4 Å². The number of carbonyl (C=O) groups is 2. The van der Waals surface area contributed by atoms with E-state index in [4.69, 9.17) is 23.2 Å². The fraction of sp³-hybridized carbons (Fsp3) is 0.176. The van der Waals surface area contributed by atoms with Crippen molar-refractivity contribution < 1.29 is 9.59 Å². The van der Waals surface area contributed by atoms with Crippen molar-refractivity contribution in [1.29, 1.82) is 0 Å². The molecule has 0 aliphatic carbocycles. The third kappa shape index (κ3) is 4.88. The van der Waals surface area contributed by atoms with Crippen molar-refractivity contribution in [3.05, 3.63) is 52.5 Å². The van der Waals surface area contributed by atoms with Gasteiger partial charge in [-0.05, 0) is 36.4 Å². The highest BCUT2D eigenvalue weighted by molar-refractivity contribution is 6.39. The van der Waals surface area contributed by atoms with E-state index in [2.05, 4.69) is 10.6 Å². The molecule has 7 heteroatoms. The van der Waals surface area contributed by atoms with Gasteiger partial charge in [-0.1, -0.05) is 29.3 Å². The molecule has 0 aromatic heterocycles. The van der Waals surface area contributed by atoms with Gasteiger partial charge in [0.25, 0.3) is 0 Å². The van der Waals surface area contributed by atoms with E-state index >= 15 is 0 Å². The lowest BCUT2D eigenvalue weighted by atomic mass is 10.2. The van der Waals surface area contributed by atoms with Gasteiger partial charge in [-0.2, -0.15) is 0 Å². The highest BCUT2D eigenvalue weighted by Crippen LogP contribution is 2.29. The first kappa shape index (κ1) is 18.1. The quantitative estimate of drug-likeness (QED) is 0.786. The van der Waals surface area contributed by atoms with Crippen molar-refractivity contribution in [2.75, 3.05) is 29.6 Å². The zero-order valence-electron chi connectivity index (χ0n) is 13.3. The van der Waals surface area contributed by atoms with Crippen molar-refractivity contribution in [2.45, 2.75) is 6.42 Å². The van der Waals surface area contributed by atoms with Crippen LogP contribution in [0.25, 0.3) is 0 Å². The zero-order chi connectivity index (χ0) is 17.7. The molecule has 2 N–H and O–H groups in total. The predicted octanol–water partition coefficient (Wildman–Crippen LogP) is 4.03. The molecular formula is C17H17Cl2N3O2. The van der Waals surface area contributed by atoms with Gasteiger partial charge in [-0.15, -0.1) is 0 Å². The fourth-order valence-corrected chi connectivity index (χ4v) is 2.49. The van der Waals surface area contributed by atoms with Crippen molar-refractivity contribution in [3.8, 4) is 0 Å². The van der Waals surface area contributed by atoms with Crippen molar-refractivity contribution in [1.82, 2.24) is 0 Å². The standard InChI is InChI=1S/C17H17Cl2N3O2/c1-22(2)12-8-6-11(7-9-12)20-15(23)10-16(24)21-17-13(18)4-3-5-14(17)19/h3-9H,10H2,1-2H3,(H,20,23)(H,21,24). The fourth-order valence-electron chi connectivity index (χ4n) is 1.99. The Kier molecular flexibility index (Phi) is 6.06. The Balaban J connectivity index is 1.93. The van der Waals surface area contributed by atoms with Gasteiger partial charge in [0.2, 0.25) is 11.8 Å². The highest BCUT2D eigenvalue weighted by Gasteiger charge is 2.13. The molecule has 2 rings (SSSR count). The summed E-state index contributed by atoms with van der Waals surface area (Å²) in [5.74, 6) is -0.916. The Morgan fingerprint density at radius 2 is 1.46 bits per heavy atom. The molecule has 0 saturated carbocycles. The summed E-state index contributed by atoms with van der Waals surface area (Å²) in [6.45, 7) is 0. The molecule has 2 aromatic carbocycles. The average molecular weight is 366 g/mol. The van der Waals surface area contributed by atoms with Crippen LogP contribution in [-0.4, -0.2) is 25.9 Å². The molecule has 0 heterocycles. The Hall–Kier alpha value is -2.24. The van der Waals surface area contributed by atoms with E-state index in [1.54, 1.807) is 30.3 Å².